The fourth-order valence-electron chi connectivity index (χ4n) is 2.54. The lowest BCUT2D eigenvalue weighted by molar-refractivity contribution is 0.0701. The largest absolute Gasteiger partial charge is 0.393 e. The Balaban J connectivity index is 1.90. The maximum atomic E-state index is 9.67. The zero-order chi connectivity index (χ0) is 11.4. The van der Waals surface area contributed by atoms with Gasteiger partial charge in [0.1, 0.15) is 0 Å². The molecule has 0 radical (unpaired) electrons. The first-order valence-corrected chi connectivity index (χ1v) is 6.18. The molecule has 1 aliphatic rings. The van der Waals surface area contributed by atoms with Gasteiger partial charge < -0.3 is 5.11 Å². The molecule has 0 bridgehead atoms. The molecule has 2 unspecified atom stereocenters. The molecule has 2 nitrogen and oxygen atoms in total. The summed E-state index contributed by atoms with van der Waals surface area (Å²) in [5.74, 6) is 0. The summed E-state index contributed by atoms with van der Waals surface area (Å²) in [7, 11) is 2.16. The Hall–Kier alpha value is -0.860. The quantitative estimate of drug-likeness (QED) is 0.844. The van der Waals surface area contributed by atoms with Crippen molar-refractivity contribution in [1.29, 1.82) is 0 Å². The minimum Gasteiger partial charge on any atom is -0.393 e. The Morgan fingerprint density at radius 3 is 2.69 bits per heavy atom. The summed E-state index contributed by atoms with van der Waals surface area (Å²) >= 11 is 0. The van der Waals surface area contributed by atoms with Crippen molar-refractivity contribution in [2.45, 2.75) is 44.4 Å². The highest BCUT2D eigenvalue weighted by molar-refractivity contribution is 5.14. The van der Waals surface area contributed by atoms with Crippen molar-refractivity contribution in [2.75, 3.05) is 7.05 Å². The van der Waals surface area contributed by atoms with Gasteiger partial charge in [-0.15, -0.1) is 0 Å². The highest BCUT2D eigenvalue weighted by Crippen LogP contribution is 2.23. The van der Waals surface area contributed by atoms with Crippen LogP contribution in [-0.4, -0.2) is 29.2 Å². The van der Waals surface area contributed by atoms with E-state index < -0.39 is 0 Å². The van der Waals surface area contributed by atoms with Crippen molar-refractivity contribution in [3.63, 3.8) is 0 Å². The first kappa shape index (κ1) is 11.6. The molecule has 0 amide bonds. The average molecular weight is 219 g/mol. The molecule has 0 heterocycles. The van der Waals surface area contributed by atoms with E-state index in [4.69, 9.17) is 0 Å². The smallest absolute Gasteiger partial charge is 0.0555 e. The minimum absolute atomic E-state index is 0.0861. The molecular weight excluding hydrogens is 198 g/mol. The Labute approximate surface area is 97.9 Å². The zero-order valence-electron chi connectivity index (χ0n) is 9.97. The second kappa shape index (κ2) is 5.46. The number of hydrogen-bond acceptors (Lipinski definition) is 2. The van der Waals surface area contributed by atoms with Crippen LogP contribution >= 0.6 is 0 Å². The lowest BCUT2D eigenvalue weighted by atomic mass is 9.92. The summed E-state index contributed by atoms with van der Waals surface area (Å²) in [6.07, 6.45) is 4.21. The topological polar surface area (TPSA) is 23.5 Å². The van der Waals surface area contributed by atoms with E-state index in [0.29, 0.717) is 6.04 Å². The van der Waals surface area contributed by atoms with Crippen LogP contribution in [0.3, 0.4) is 0 Å². The standard InChI is InChI=1S/C14H21NO/c1-15(11-12-6-3-2-4-7-12)13-8-5-9-14(16)10-13/h2-4,6-7,13-14,16H,5,8-11H2,1H3. The minimum atomic E-state index is -0.0861. The van der Waals surface area contributed by atoms with Crippen molar-refractivity contribution >= 4 is 0 Å². The van der Waals surface area contributed by atoms with Gasteiger partial charge in [0.15, 0.2) is 0 Å². The number of benzene rings is 1. The van der Waals surface area contributed by atoms with Crippen molar-refractivity contribution in [1.82, 2.24) is 4.90 Å². The molecule has 2 heteroatoms. The van der Waals surface area contributed by atoms with E-state index in [2.05, 4.69) is 36.2 Å². The van der Waals surface area contributed by atoms with Gasteiger partial charge >= 0.3 is 0 Å². The molecular formula is C14H21NO. The predicted octanol–water partition coefficient (Wildman–Crippen LogP) is 2.42. The van der Waals surface area contributed by atoms with Gasteiger partial charge in [0.2, 0.25) is 0 Å². The second-order valence-corrected chi connectivity index (χ2v) is 4.87. The van der Waals surface area contributed by atoms with Gasteiger partial charge in [-0.1, -0.05) is 30.3 Å². The molecule has 1 fully saturated rings. The molecule has 1 N–H and O–H groups in total. The highest BCUT2D eigenvalue weighted by atomic mass is 16.3. The van der Waals surface area contributed by atoms with Gasteiger partial charge in [0.05, 0.1) is 6.10 Å². The van der Waals surface area contributed by atoms with Gasteiger partial charge in [0, 0.05) is 12.6 Å². The number of aliphatic hydroxyl groups is 1. The first-order chi connectivity index (χ1) is 7.75. The summed E-state index contributed by atoms with van der Waals surface area (Å²) in [6, 6.07) is 11.1. The van der Waals surface area contributed by atoms with Crippen LogP contribution in [0.15, 0.2) is 30.3 Å². The number of hydrogen-bond donors (Lipinski definition) is 1. The molecule has 16 heavy (non-hydrogen) atoms. The third-order valence-electron chi connectivity index (χ3n) is 3.52. The van der Waals surface area contributed by atoms with Crippen LogP contribution in [0.1, 0.15) is 31.2 Å². The lowest BCUT2D eigenvalue weighted by Gasteiger charge is -2.33. The summed E-state index contributed by atoms with van der Waals surface area (Å²) in [5.41, 5.74) is 1.35. The molecule has 1 aromatic rings. The van der Waals surface area contributed by atoms with Crippen molar-refractivity contribution in [3.05, 3.63) is 35.9 Å². The molecule has 2 atom stereocenters. The van der Waals surface area contributed by atoms with Gasteiger partial charge in [-0.2, -0.15) is 0 Å². The molecule has 1 aliphatic carbocycles. The molecule has 2 rings (SSSR count). The summed E-state index contributed by atoms with van der Waals surface area (Å²) in [4.78, 5) is 2.37. The fourth-order valence-corrected chi connectivity index (χ4v) is 2.54. The number of aliphatic hydroxyl groups excluding tert-OH is 1. The van der Waals surface area contributed by atoms with Crippen LogP contribution in [0.4, 0.5) is 0 Å². The van der Waals surface area contributed by atoms with E-state index in [0.717, 1.165) is 25.8 Å². The Morgan fingerprint density at radius 2 is 2.00 bits per heavy atom. The normalized spacial score (nSPS) is 25.9. The van der Waals surface area contributed by atoms with E-state index in [1.807, 2.05) is 6.07 Å². The molecule has 88 valence electrons. The molecule has 0 aromatic heterocycles. The first-order valence-electron chi connectivity index (χ1n) is 6.18. The number of nitrogens with zero attached hydrogens (tertiary/aromatic N) is 1. The monoisotopic (exact) mass is 219 g/mol. The molecule has 0 aliphatic heterocycles. The van der Waals surface area contributed by atoms with Crippen LogP contribution in [0.5, 0.6) is 0 Å². The maximum absolute atomic E-state index is 9.67. The summed E-state index contributed by atoms with van der Waals surface area (Å²) < 4.78 is 0. The van der Waals surface area contributed by atoms with Crippen LogP contribution in [0, 0.1) is 0 Å². The van der Waals surface area contributed by atoms with Gasteiger partial charge in [0.25, 0.3) is 0 Å². The van der Waals surface area contributed by atoms with E-state index in [1.165, 1.54) is 12.0 Å². The average Bonchev–Trinajstić information content (AvgIpc) is 2.30. The molecule has 0 spiro atoms. The van der Waals surface area contributed by atoms with Crippen molar-refractivity contribution in [3.8, 4) is 0 Å². The Morgan fingerprint density at radius 1 is 1.25 bits per heavy atom. The SMILES string of the molecule is CN(Cc1ccccc1)C1CCCC(O)C1. The molecule has 1 aromatic carbocycles. The molecule has 0 saturated heterocycles. The van der Waals surface area contributed by atoms with Crippen molar-refractivity contribution < 1.29 is 5.11 Å². The van der Waals surface area contributed by atoms with E-state index in [-0.39, 0.29) is 6.10 Å². The number of rotatable bonds is 3. The third-order valence-corrected chi connectivity index (χ3v) is 3.52. The van der Waals surface area contributed by atoms with Crippen LogP contribution in [-0.2, 0) is 6.54 Å². The van der Waals surface area contributed by atoms with Crippen LogP contribution in [0.25, 0.3) is 0 Å². The van der Waals surface area contributed by atoms with Gasteiger partial charge in [-0.05, 0) is 38.3 Å². The zero-order valence-corrected chi connectivity index (χ0v) is 9.97. The lowest BCUT2D eigenvalue weighted by Crippen LogP contribution is -2.37. The Kier molecular flexibility index (Phi) is 3.97. The van der Waals surface area contributed by atoms with Gasteiger partial charge in [-0.3, -0.25) is 4.90 Å². The van der Waals surface area contributed by atoms with Crippen molar-refractivity contribution in [2.24, 2.45) is 0 Å². The fraction of sp³-hybridized carbons (Fsp3) is 0.571. The van der Waals surface area contributed by atoms with E-state index in [9.17, 15) is 5.11 Å². The highest BCUT2D eigenvalue weighted by Gasteiger charge is 2.23. The van der Waals surface area contributed by atoms with E-state index in [1.54, 1.807) is 0 Å². The molecule has 1 saturated carbocycles. The van der Waals surface area contributed by atoms with Crippen LogP contribution in [0.2, 0.25) is 0 Å². The predicted molar refractivity (Wildman–Crippen MR) is 66.2 cm³/mol. The maximum Gasteiger partial charge on any atom is 0.0555 e. The van der Waals surface area contributed by atoms with E-state index >= 15 is 0 Å². The second-order valence-electron chi connectivity index (χ2n) is 4.87. The van der Waals surface area contributed by atoms with Crippen LogP contribution < -0.4 is 0 Å². The summed E-state index contributed by atoms with van der Waals surface area (Å²) in [6.45, 7) is 0.984. The van der Waals surface area contributed by atoms with Gasteiger partial charge in [-0.25, -0.2) is 0 Å². The third kappa shape index (κ3) is 3.06. The summed E-state index contributed by atoms with van der Waals surface area (Å²) in [5, 5.41) is 9.67. The Bertz CT molecular complexity index is 312.